The summed E-state index contributed by atoms with van der Waals surface area (Å²) < 4.78 is 5.35. The standard InChI is InChI=1S/C14H18N2O2/c1-14(15,11-3-4-11)13(17)16-12-5-2-9-7-18-8-10(9)6-12/h2,5-6,11H,3-4,7-8,15H2,1H3,(H,16,17). The zero-order valence-corrected chi connectivity index (χ0v) is 10.5. The van der Waals surface area contributed by atoms with E-state index in [1.165, 1.54) is 5.56 Å². The van der Waals surface area contributed by atoms with Gasteiger partial charge in [-0.2, -0.15) is 0 Å². The van der Waals surface area contributed by atoms with Crippen molar-refractivity contribution in [2.24, 2.45) is 11.7 Å². The molecule has 1 unspecified atom stereocenters. The third-order valence-corrected chi connectivity index (χ3v) is 3.89. The zero-order chi connectivity index (χ0) is 12.8. The highest BCUT2D eigenvalue weighted by atomic mass is 16.5. The number of carbonyl (C=O) groups is 1. The van der Waals surface area contributed by atoms with E-state index in [0.29, 0.717) is 19.1 Å². The molecule has 18 heavy (non-hydrogen) atoms. The van der Waals surface area contributed by atoms with Crippen molar-refractivity contribution < 1.29 is 9.53 Å². The zero-order valence-electron chi connectivity index (χ0n) is 10.5. The fraction of sp³-hybridized carbons (Fsp3) is 0.500. The van der Waals surface area contributed by atoms with Crippen LogP contribution in [-0.2, 0) is 22.7 Å². The normalized spacial score (nSPS) is 21.2. The highest BCUT2D eigenvalue weighted by Gasteiger charge is 2.44. The minimum Gasteiger partial charge on any atom is -0.372 e. The van der Waals surface area contributed by atoms with E-state index >= 15 is 0 Å². The van der Waals surface area contributed by atoms with Crippen molar-refractivity contribution in [3.8, 4) is 0 Å². The van der Waals surface area contributed by atoms with E-state index in [2.05, 4.69) is 5.32 Å². The molecule has 1 aromatic rings. The van der Waals surface area contributed by atoms with Gasteiger partial charge in [0, 0.05) is 5.69 Å². The summed E-state index contributed by atoms with van der Waals surface area (Å²) in [6, 6.07) is 5.89. The minimum absolute atomic E-state index is 0.0936. The quantitative estimate of drug-likeness (QED) is 0.854. The molecule has 96 valence electrons. The molecule has 1 aliphatic heterocycles. The number of carbonyl (C=O) groups excluding carboxylic acids is 1. The first kappa shape index (κ1) is 11.7. The van der Waals surface area contributed by atoms with Gasteiger partial charge in [0.1, 0.15) is 0 Å². The summed E-state index contributed by atoms with van der Waals surface area (Å²) in [5.41, 5.74) is 8.49. The average Bonchev–Trinajstić information content (AvgIpc) is 3.09. The van der Waals surface area contributed by atoms with E-state index in [0.717, 1.165) is 24.1 Å². The lowest BCUT2D eigenvalue weighted by molar-refractivity contribution is -0.121. The second-order valence-electron chi connectivity index (χ2n) is 5.49. The predicted molar refractivity (Wildman–Crippen MR) is 68.9 cm³/mol. The van der Waals surface area contributed by atoms with Crippen molar-refractivity contribution in [2.75, 3.05) is 5.32 Å². The highest BCUT2D eigenvalue weighted by molar-refractivity contribution is 5.98. The van der Waals surface area contributed by atoms with Gasteiger partial charge in [-0.25, -0.2) is 0 Å². The highest BCUT2D eigenvalue weighted by Crippen LogP contribution is 2.38. The van der Waals surface area contributed by atoms with Crippen LogP contribution < -0.4 is 11.1 Å². The van der Waals surface area contributed by atoms with Crippen LogP contribution in [0.5, 0.6) is 0 Å². The van der Waals surface area contributed by atoms with Gasteiger partial charge >= 0.3 is 0 Å². The number of nitrogens with one attached hydrogen (secondary N) is 1. The molecule has 1 aliphatic carbocycles. The third kappa shape index (κ3) is 2.02. The largest absolute Gasteiger partial charge is 0.372 e. The first-order valence-electron chi connectivity index (χ1n) is 6.37. The number of amides is 1. The maximum Gasteiger partial charge on any atom is 0.244 e. The predicted octanol–water partition coefficient (Wildman–Crippen LogP) is 1.78. The van der Waals surface area contributed by atoms with Crippen LogP contribution in [0.2, 0.25) is 0 Å². The molecule has 1 saturated carbocycles. The molecule has 4 nitrogen and oxygen atoms in total. The molecule has 1 amide bonds. The van der Waals surface area contributed by atoms with Crippen LogP contribution in [0.4, 0.5) is 5.69 Å². The molecule has 1 aromatic carbocycles. The number of hydrogen-bond donors (Lipinski definition) is 2. The number of hydrogen-bond acceptors (Lipinski definition) is 3. The van der Waals surface area contributed by atoms with E-state index < -0.39 is 5.54 Å². The molecule has 1 atom stereocenters. The number of anilines is 1. The summed E-state index contributed by atoms with van der Waals surface area (Å²) in [4.78, 5) is 12.1. The topological polar surface area (TPSA) is 64.4 Å². The second-order valence-corrected chi connectivity index (χ2v) is 5.49. The van der Waals surface area contributed by atoms with Crippen molar-refractivity contribution in [1.29, 1.82) is 0 Å². The smallest absolute Gasteiger partial charge is 0.244 e. The molecule has 4 heteroatoms. The Balaban J connectivity index is 1.74. The van der Waals surface area contributed by atoms with Crippen molar-refractivity contribution in [2.45, 2.75) is 38.5 Å². The number of ether oxygens (including phenoxy) is 1. The molecular weight excluding hydrogens is 228 g/mol. The Morgan fingerprint density at radius 3 is 2.83 bits per heavy atom. The molecular formula is C14H18N2O2. The molecule has 2 aliphatic rings. The van der Waals surface area contributed by atoms with Crippen LogP contribution in [0.25, 0.3) is 0 Å². The second kappa shape index (κ2) is 4.07. The van der Waals surface area contributed by atoms with Crippen LogP contribution in [0.1, 0.15) is 30.9 Å². The van der Waals surface area contributed by atoms with Gasteiger partial charge in [-0.15, -0.1) is 0 Å². The molecule has 0 aromatic heterocycles. The van der Waals surface area contributed by atoms with Gasteiger partial charge in [0.2, 0.25) is 5.91 Å². The van der Waals surface area contributed by atoms with Crippen LogP contribution in [0.3, 0.4) is 0 Å². The SMILES string of the molecule is CC(N)(C(=O)Nc1ccc2c(c1)COC2)C1CC1. The summed E-state index contributed by atoms with van der Waals surface area (Å²) in [6.07, 6.45) is 2.11. The first-order chi connectivity index (χ1) is 8.57. The van der Waals surface area contributed by atoms with Crippen molar-refractivity contribution >= 4 is 11.6 Å². The molecule has 0 saturated heterocycles. The Morgan fingerprint density at radius 1 is 1.39 bits per heavy atom. The lowest BCUT2D eigenvalue weighted by atomic mass is 9.96. The lowest BCUT2D eigenvalue weighted by Crippen LogP contribution is -2.50. The maximum absolute atomic E-state index is 12.1. The lowest BCUT2D eigenvalue weighted by Gasteiger charge is -2.23. The fourth-order valence-electron chi connectivity index (χ4n) is 2.38. The van der Waals surface area contributed by atoms with E-state index in [9.17, 15) is 4.79 Å². The van der Waals surface area contributed by atoms with Gasteiger partial charge in [-0.3, -0.25) is 4.79 Å². The van der Waals surface area contributed by atoms with Gasteiger partial charge < -0.3 is 15.8 Å². The first-order valence-corrected chi connectivity index (χ1v) is 6.37. The Hall–Kier alpha value is -1.39. The Labute approximate surface area is 107 Å². The molecule has 0 radical (unpaired) electrons. The molecule has 3 N–H and O–H groups in total. The summed E-state index contributed by atoms with van der Waals surface area (Å²) in [7, 11) is 0. The van der Waals surface area contributed by atoms with Crippen LogP contribution in [0, 0.1) is 5.92 Å². The van der Waals surface area contributed by atoms with E-state index in [1.54, 1.807) is 0 Å². The Morgan fingerprint density at radius 2 is 2.11 bits per heavy atom. The van der Waals surface area contributed by atoms with Gasteiger partial charge in [0.25, 0.3) is 0 Å². The summed E-state index contributed by atoms with van der Waals surface area (Å²) >= 11 is 0. The van der Waals surface area contributed by atoms with Crippen LogP contribution >= 0.6 is 0 Å². The monoisotopic (exact) mass is 246 g/mol. The van der Waals surface area contributed by atoms with Crippen molar-refractivity contribution in [1.82, 2.24) is 0 Å². The molecule has 1 fully saturated rings. The minimum atomic E-state index is -0.754. The van der Waals surface area contributed by atoms with Crippen molar-refractivity contribution in [3.05, 3.63) is 29.3 Å². The van der Waals surface area contributed by atoms with Crippen LogP contribution in [0.15, 0.2) is 18.2 Å². The maximum atomic E-state index is 12.1. The van der Waals surface area contributed by atoms with Crippen molar-refractivity contribution in [3.63, 3.8) is 0 Å². The Kier molecular flexibility index (Phi) is 2.64. The average molecular weight is 246 g/mol. The van der Waals surface area contributed by atoms with E-state index in [4.69, 9.17) is 10.5 Å². The molecule has 3 rings (SSSR count). The molecule has 0 bridgehead atoms. The van der Waals surface area contributed by atoms with E-state index in [1.807, 2.05) is 25.1 Å². The third-order valence-electron chi connectivity index (χ3n) is 3.89. The van der Waals surface area contributed by atoms with E-state index in [-0.39, 0.29) is 5.91 Å². The fourth-order valence-corrected chi connectivity index (χ4v) is 2.38. The Bertz CT molecular complexity index is 493. The summed E-state index contributed by atoms with van der Waals surface area (Å²) in [6.45, 7) is 3.11. The molecule has 1 heterocycles. The number of rotatable bonds is 3. The number of nitrogens with two attached hydrogens (primary N) is 1. The van der Waals surface area contributed by atoms with Gasteiger partial charge in [0.05, 0.1) is 18.8 Å². The van der Waals surface area contributed by atoms with Gasteiger partial charge in [0.15, 0.2) is 0 Å². The summed E-state index contributed by atoms with van der Waals surface area (Å²) in [5.74, 6) is 0.235. The number of benzene rings is 1. The van der Waals surface area contributed by atoms with Gasteiger partial charge in [-0.05, 0) is 48.9 Å². The van der Waals surface area contributed by atoms with Crippen LogP contribution in [-0.4, -0.2) is 11.4 Å². The number of fused-ring (bicyclic) bond motifs is 1. The summed E-state index contributed by atoms with van der Waals surface area (Å²) in [5, 5.41) is 2.91. The van der Waals surface area contributed by atoms with Gasteiger partial charge in [-0.1, -0.05) is 6.07 Å². The molecule has 0 spiro atoms.